The van der Waals surface area contributed by atoms with E-state index in [0.717, 1.165) is 0 Å². The number of amides is 2. The van der Waals surface area contributed by atoms with E-state index in [1.54, 1.807) is 49.6 Å². The van der Waals surface area contributed by atoms with Gasteiger partial charge in [0.15, 0.2) is 11.5 Å². The van der Waals surface area contributed by atoms with Gasteiger partial charge >= 0.3 is 0 Å². The zero-order chi connectivity index (χ0) is 20.5. The van der Waals surface area contributed by atoms with E-state index in [2.05, 4.69) is 15.8 Å². The first-order valence-corrected chi connectivity index (χ1v) is 8.98. The van der Waals surface area contributed by atoms with E-state index >= 15 is 0 Å². The molecule has 0 bridgehead atoms. The molecule has 2 aromatic rings. The number of carbonyl (C=O) groups is 2. The number of hydrazone groups is 1. The molecule has 0 heterocycles. The highest BCUT2D eigenvalue weighted by Crippen LogP contribution is 2.28. The molecule has 2 N–H and O–H groups in total. The fraction of sp³-hybridized carbons (Fsp3) is 0.250. The molecule has 0 saturated heterocycles. The molecule has 148 valence electrons. The van der Waals surface area contributed by atoms with Crippen LogP contribution in [0.4, 0.5) is 5.69 Å². The molecular formula is C20H22ClN3O4. The zero-order valence-corrected chi connectivity index (χ0v) is 16.6. The number of methoxy groups -OCH3 is 1. The highest BCUT2D eigenvalue weighted by molar-refractivity contribution is 6.33. The maximum absolute atomic E-state index is 11.9. The number of rotatable bonds is 8. The molecule has 7 nitrogen and oxygen atoms in total. The number of anilines is 1. The van der Waals surface area contributed by atoms with Gasteiger partial charge in [-0.25, -0.2) is 5.43 Å². The summed E-state index contributed by atoms with van der Waals surface area (Å²) in [5, 5.41) is 6.83. The Morgan fingerprint density at radius 1 is 1.14 bits per heavy atom. The molecule has 0 aliphatic heterocycles. The van der Waals surface area contributed by atoms with Crippen molar-refractivity contribution >= 4 is 35.3 Å². The lowest BCUT2D eigenvalue weighted by molar-refractivity contribution is -0.126. The standard InChI is InChI=1S/C20H22ClN3O4/c1-13(2)28-17-9-8-14(10-18(17)27-3)12-22-24-20(26)11-19(25)23-16-7-5-4-6-15(16)21/h4-10,12-13H,11H2,1-3H3,(H,23,25)(H,24,26). The number of carbonyl (C=O) groups excluding carboxylic acids is 2. The lowest BCUT2D eigenvalue weighted by atomic mass is 10.2. The zero-order valence-electron chi connectivity index (χ0n) is 15.9. The average molecular weight is 404 g/mol. The first-order valence-electron chi connectivity index (χ1n) is 8.60. The third-order valence-corrected chi connectivity index (χ3v) is 3.75. The minimum atomic E-state index is -0.549. The van der Waals surface area contributed by atoms with Crippen molar-refractivity contribution in [1.82, 2.24) is 5.43 Å². The Balaban J connectivity index is 1.89. The summed E-state index contributed by atoms with van der Waals surface area (Å²) in [6.07, 6.45) is 1.09. The fourth-order valence-corrected chi connectivity index (χ4v) is 2.42. The van der Waals surface area contributed by atoms with Gasteiger partial charge in [-0.1, -0.05) is 23.7 Å². The summed E-state index contributed by atoms with van der Waals surface area (Å²) in [4.78, 5) is 23.8. The van der Waals surface area contributed by atoms with Crippen molar-refractivity contribution < 1.29 is 19.1 Å². The number of halogens is 1. The first-order chi connectivity index (χ1) is 13.4. The van der Waals surface area contributed by atoms with E-state index in [0.29, 0.717) is 27.8 Å². The van der Waals surface area contributed by atoms with Crippen LogP contribution in [-0.2, 0) is 9.59 Å². The maximum atomic E-state index is 11.9. The summed E-state index contributed by atoms with van der Waals surface area (Å²) in [7, 11) is 1.54. The van der Waals surface area contributed by atoms with Crippen LogP contribution in [0.1, 0.15) is 25.8 Å². The highest BCUT2D eigenvalue weighted by atomic mass is 35.5. The SMILES string of the molecule is COc1cc(C=NNC(=O)CC(=O)Nc2ccccc2Cl)ccc1OC(C)C. The van der Waals surface area contributed by atoms with Crippen molar-refractivity contribution in [2.75, 3.05) is 12.4 Å². The van der Waals surface area contributed by atoms with Crippen LogP contribution in [-0.4, -0.2) is 31.2 Å². The molecule has 0 aromatic heterocycles. The molecule has 0 aliphatic rings. The van der Waals surface area contributed by atoms with Crippen LogP contribution in [0, 0.1) is 0 Å². The highest BCUT2D eigenvalue weighted by Gasteiger charge is 2.11. The van der Waals surface area contributed by atoms with Gasteiger partial charge in [0.05, 0.1) is 30.1 Å². The van der Waals surface area contributed by atoms with Gasteiger partial charge in [-0.05, 0) is 49.7 Å². The molecule has 0 saturated carbocycles. The normalized spacial score (nSPS) is 10.8. The Kier molecular flexibility index (Phi) is 7.83. The molecule has 0 atom stereocenters. The van der Waals surface area contributed by atoms with Crippen molar-refractivity contribution in [1.29, 1.82) is 0 Å². The predicted molar refractivity (Wildman–Crippen MR) is 109 cm³/mol. The minimum absolute atomic E-state index is 0.0182. The van der Waals surface area contributed by atoms with Gasteiger partial charge in [-0.3, -0.25) is 9.59 Å². The Morgan fingerprint density at radius 3 is 2.57 bits per heavy atom. The van der Waals surface area contributed by atoms with Gasteiger partial charge in [-0.15, -0.1) is 0 Å². The van der Waals surface area contributed by atoms with Crippen molar-refractivity contribution in [2.24, 2.45) is 5.10 Å². The lowest BCUT2D eigenvalue weighted by Crippen LogP contribution is -2.24. The van der Waals surface area contributed by atoms with E-state index in [1.807, 2.05) is 13.8 Å². The number of nitrogens with zero attached hydrogens (tertiary/aromatic N) is 1. The molecule has 0 unspecified atom stereocenters. The number of hydrogen-bond acceptors (Lipinski definition) is 5. The van der Waals surface area contributed by atoms with Crippen LogP contribution in [0.3, 0.4) is 0 Å². The molecule has 0 radical (unpaired) electrons. The monoisotopic (exact) mass is 403 g/mol. The Morgan fingerprint density at radius 2 is 1.89 bits per heavy atom. The molecular weight excluding hydrogens is 382 g/mol. The molecule has 8 heteroatoms. The summed E-state index contributed by atoms with van der Waals surface area (Å²) in [5.74, 6) is 0.142. The van der Waals surface area contributed by atoms with Gasteiger partial charge in [-0.2, -0.15) is 5.10 Å². The topological polar surface area (TPSA) is 89.0 Å². The Hall–Kier alpha value is -3.06. The number of hydrogen-bond donors (Lipinski definition) is 2. The van der Waals surface area contributed by atoms with E-state index in [-0.39, 0.29) is 12.5 Å². The fourth-order valence-electron chi connectivity index (χ4n) is 2.24. The Labute approximate surface area is 168 Å². The second-order valence-electron chi connectivity index (χ2n) is 6.07. The molecule has 0 spiro atoms. The quantitative estimate of drug-likeness (QED) is 0.400. The Bertz CT molecular complexity index is 868. The van der Waals surface area contributed by atoms with Crippen LogP contribution < -0.4 is 20.2 Å². The van der Waals surface area contributed by atoms with Crippen LogP contribution in [0.5, 0.6) is 11.5 Å². The van der Waals surface area contributed by atoms with E-state index in [4.69, 9.17) is 21.1 Å². The van der Waals surface area contributed by atoms with E-state index in [9.17, 15) is 9.59 Å². The van der Waals surface area contributed by atoms with Gasteiger partial charge in [0.1, 0.15) is 6.42 Å². The van der Waals surface area contributed by atoms with Crippen molar-refractivity contribution in [3.8, 4) is 11.5 Å². The lowest BCUT2D eigenvalue weighted by Gasteiger charge is -2.13. The van der Waals surface area contributed by atoms with E-state index in [1.165, 1.54) is 6.21 Å². The first kappa shape index (κ1) is 21.2. The molecule has 28 heavy (non-hydrogen) atoms. The molecule has 2 aromatic carbocycles. The molecule has 0 aliphatic carbocycles. The van der Waals surface area contributed by atoms with Crippen LogP contribution in [0.15, 0.2) is 47.6 Å². The third kappa shape index (κ3) is 6.59. The molecule has 2 amide bonds. The van der Waals surface area contributed by atoms with Gasteiger partial charge in [0.2, 0.25) is 11.8 Å². The second kappa shape index (κ2) is 10.3. The smallest absolute Gasteiger partial charge is 0.249 e. The second-order valence-corrected chi connectivity index (χ2v) is 6.48. The van der Waals surface area contributed by atoms with Crippen LogP contribution in [0.25, 0.3) is 0 Å². The summed E-state index contributed by atoms with van der Waals surface area (Å²) in [6.45, 7) is 3.85. The number of benzene rings is 2. The summed E-state index contributed by atoms with van der Waals surface area (Å²) < 4.78 is 10.9. The number of nitrogens with one attached hydrogen (secondary N) is 2. The van der Waals surface area contributed by atoms with Crippen molar-refractivity contribution in [3.05, 3.63) is 53.1 Å². The van der Waals surface area contributed by atoms with Crippen molar-refractivity contribution in [3.63, 3.8) is 0 Å². The summed E-state index contributed by atoms with van der Waals surface area (Å²) >= 11 is 5.96. The molecule has 2 rings (SSSR count). The van der Waals surface area contributed by atoms with Crippen molar-refractivity contribution in [2.45, 2.75) is 26.4 Å². The summed E-state index contributed by atoms with van der Waals surface area (Å²) in [6, 6.07) is 12.0. The van der Waals surface area contributed by atoms with E-state index < -0.39 is 11.8 Å². The average Bonchev–Trinajstić information content (AvgIpc) is 2.64. The predicted octanol–water partition coefficient (Wildman–Crippen LogP) is 3.61. The molecule has 0 fully saturated rings. The number of para-hydroxylation sites is 1. The largest absolute Gasteiger partial charge is 0.493 e. The van der Waals surface area contributed by atoms with Gasteiger partial charge in [0.25, 0.3) is 0 Å². The third-order valence-electron chi connectivity index (χ3n) is 3.42. The maximum Gasteiger partial charge on any atom is 0.249 e. The van der Waals surface area contributed by atoms with Gasteiger partial charge in [0, 0.05) is 0 Å². The number of ether oxygens (including phenoxy) is 2. The van der Waals surface area contributed by atoms with Crippen LogP contribution in [0.2, 0.25) is 5.02 Å². The minimum Gasteiger partial charge on any atom is -0.493 e. The summed E-state index contributed by atoms with van der Waals surface area (Å²) in [5.41, 5.74) is 3.46. The van der Waals surface area contributed by atoms with Crippen LogP contribution >= 0.6 is 11.6 Å². The van der Waals surface area contributed by atoms with Gasteiger partial charge < -0.3 is 14.8 Å².